The van der Waals surface area contributed by atoms with Crippen LogP contribution in [0.15, 0.2) is 18.2 Å². The lowest BCUT2D eigenvalue weighted by Gasteiger charge is -2.30. The molecule has 3 N–H and O–H groups in total. The topological polar surface area (TPSA) is 78.4 Å². The van der Waals surface area contributed by atoms with E-state index < -0.39 is 11.2 Å². The number of carbonyl (C=O) groups is 2. The average Bonchev–Trinajstić information content (AvgIpc) is 2.59. The molecule has 0 bridgehead atoms. The third-order valence-electron chi connectivity index (χ3n) is 4.87. The summed E-state index contributed by atoms with van der Waals surface area (Å²) in [5.41, 5.74) is 0.504. The molecule has 0 saturated heterocycles. The lowest BCUT2D eigenvalue weighted by molar-refractivity contribution is -0.129. The van der Waals surface area contributed by atoms with E-state index in [0.717, 1.165) is 25.7 Å². The van der Waals surface area contributed by atoms with Crippen LogP contribution in [0.5, 0.6) is 0 Å². The lowest BCUT2D eigenvalue weighted by Crippen LogP contribution is -2.44. The van der Waals surface area contributed by atoms with Gasteiger partial charge >= 0.3 is 0 Å². The molecular formula is C20H29FN2O3. The van der Waals surface area contributed by atoms with Gasteiger partial charge in [-0.25, -0.2) is 4.39 Å². The normalized spacial score (nSPS) is 20.5. The van der Waals surface area contributed by atoms with Gasteiger partial charge in [-0.05, 0) is 37.3 Å². The van der Waals surface area contributed by atoms with E-state index in [4.69, 9.17) is 5.11 Å². The van der Waals surface area contributed by atoms with E-state index in [9.17, 15) is 14.0 Å². The van der Waals surface area contributed by atoms with E-state index in [1.807, 2.05) is 20.8 Å². The minimum Gasteiger partial charge on any atom is -0.392 e. The second kappa shape index (κ2) is 8.62. The Morgan fingerprint density at radius 3 is 2.38 bits per heavy atom. The molecule has 144 valence electrons. The molecule has 26 heavy (non-hydrogen) atoms. The number of halogens is 1. The smallest absolute Gasteiger partial charge is 0.225 e. The quantitative estimate of drug-likeness (QED) is 0.752. The van der Waals surface area contributed by atoms with Crippen molar-refractivity contribution in [3.05, 3.63) is 35.1 Å². The summed E-state index contributed by atoms with van der Waals surface area (Å²) in [5, 5.41) is 14.9. The SMILES string of the molecule is CC(C)(C)C(=O)NC1CCC(C(=O)NCc2ccc(CO)c(F)c2)CC1. The molecule has 5 nitrogen and oxygen atoms in total. The van der Waals surface area contributed by atoms with Crippen LogP contribution in [0, 0.1) is 17.2 Å². The van der Waals surface area contributed by atoms with Gasteiger partial charge in [0.05, 0.1) is 6.61 Å². The van der Waals surface area contributed by atoms with Gasteiger partial charge in [0, 0.05) is 29.5 Å². The molecule has 0 heterocycles. The van der Waals surface area contributed by atoms with Crippen LogP contribution in [-0.4, -0.2) is 23.0 Å². The van der Waals surface area contributed by atoms with Gasteiger partial charge in [0.2, 0.25) is 11.8 Å². The zero-order chi connectivity index (χ0) is 19.3. The fourth-order valence-corrected chi connectivity index (χ4v) is 3.06. The number of aliphatic hydroxyl groups is 1. The van der Waals surface area contributed by atoms with E-state index in [1.165, 1.54) is 12.1 Å². The summed E-state index contributed by atoms with van der Waals surface area (Å²) < 4.78 is 13.7. The van der Waals surface area contributed by atoms with Gasteiger partial charge in [-0.1, -0.05) is 32.9 Å². The number of amides is 2. The fraction of sp³-hybridized carbons (Fsp3) is 0.600. The van der Waals surface area contributed by atoms with Crippen molar-refractivity contribution in [3.8, 4) is 0 Å². The number of rotatable bonds is 5. The van der Waals surface area contributed by atoms with Crippen LogP contribution in [0.25, 0.3) is 0 Å². The molecule has 1 aliphatic carbocycles. The Hall–Kier alpha value is -1.95. The maximum atomic E-state index is 13.7. The highest BCUT2D eigenvalue weighted by Crippen LogP contribution is 2.25. The first kappa shape index (κ1) is 20.4. The molecule has 0 atom stereocenters. The predicted molar refractivity (Wildman–Crippen MR) is 97.5 cm³/mol. The summed E-state index contributed by atoms with van der Waals surface area (Å²) in [6.45, 7) is 5.58. The maximum absolute atomic E-state index is 13.7. The highest BCUT2D eigenvalue weighted by molar-refractivity contribution is 5.82. The van der Waals surface area contributed by atoms with Gasteiger partial charge in [-0.15, -0.1) is 0 Å². The standard InChI is InChI=1S/C20H29FN2O3/c1-20(2,3)19(26)23-16-8-6-14(7-9-16)18(25)22-11-13-4-5-15(12-24)17(21)10-13/h4-5,10,14,16,24H,6-9,11-12H2,1-3H3,(H,22,25)(H,23,26). The molecule has 1 aromatic carbocycles. The predicted octanol–water partition coefficient (Wildman–Crippen LogP) is 2.66. The van der Waals surface area contributed by atoms with E-state index in [1.54, 1.807) is 6.07 Å². The summed E-state index contributed by atoms with van der Waals surface area (Å²) >= 11 is 0. The van der Waals surface area contributed by atoms with Gasteiger partial charge in [0.1, 0.15) is 5.82 Å². The van der Waals surface area contributed by atoms with E-state index in [2.05, 4.69) is 10.6 Å². The molecule has 1 aliphatic rings. The van der Waals surface area contributed by atoms with Crippen molar-refractivity contribution in [1.29, 1.82) is 0 Å². The highest BCUT2D eigenvalue weighted by atomic mass is 19.1. The number of benzene rings is 1. The van der Waals surface area contributed by atoms with Crippen molar-refractivity contribution in [2.75, 3.05) is 0 Å². The van der Waals surface area contributed by atoms with Crippen molar-refractivity contribution in [2.24, 2.45) is 11.3 Å². The lowest BCUT2D eigenvalue weighted by atomic mass is 9.84. The van der Waals surface area contributed by atoms with Crippen LogP contribution in [-0.2, 0) is 22.7 Å². The number of hydrogen-bond acceptors (Lipinski definition) is 3. The number of hydrogen-bond donors (Lipinski definition) is 3. The average molecular weight is 364 g/mol. The van der Waals surface area contributed by atoms with Crippen LogP contribution in [0.4, 0.5) is 4.39 Å². The first-order chi connectivity index (χ1) is 12.2. The molecular weight excluding hydrogens is 335 g/mol. The van der Waals surface area contributed by atoms with Crippen LogP contribution in [0.3, 0.4) is 0 Å². The molecule has 0 aliphatic heterocycles. The van der Waals surface area contributed by atoms with E-state index >= 15 is 0 Å². The Kier molecular flexibility index (Phi) is 6.75. The molecule has 2 rings (SSSR count). The molecule has 0 aromatic heterocycles. The Bertz CT molecular complexity index is 647. The third kappa shape index (κ3) is 5.53. The second-order valence-corrected chi connectivity index (χ2v) is 8.07. The Balaban J connectivity index is 1.78. The van der Waals surface area contributed by atoms with Crippen molar-refractivity contribution in [2.45, 2.75) is 65.6 Å². The van der Waals surface area contributed by atoms with Crippen molar-refractivity contribution < 1.29 is 19.1 Å². The van der Waals surface area contributed by atoms with Crippen molar-refractivity contribution in [3.63, 3.8) is 0 Å². The minimum atomic E-state index is -0.464. The Morgan fingerprint density at radius 1 is 1.19 bits per heavy atom. The van der Waals surface area contributed by atoms with E-state index in [-0.39, 0.29) is 42.5 Å². The zero-order valence-corrected chi connectivity index (χ0v) is 15.8. The largest absolute Gasteiger partial charge is 0.392 e. The fourth-order valence-electron chi connectivity index (χ4n) is 3.06. The van der Waals surface area contributed by atoms with Crippen molar-refractivity contribution in [1.82, 2.24) is 10.6 Å². The van der Waals surface area contributed by atoms with Gasteiger partial charge in [-0.2, -0.15) is 0 Å². The molecule has 1 saturated carbocycles. The van der Waals surface area contributed by atoms with Gasteiger partial charge in [-0.3, -0.25) is 9.59 Å². The summed E-state index contributed by atoms with van der Waals surface area (Å²) in [6, 6.07) is 4.70. The molecule has 0 unspecified atom stereocenters. The number of nitrogens with one attached hydrogen (secondary N) is 2. The van der Waals surface area contributed by atoms with Crippen LogP contribution < -0.4 is 10.6 Å². The zero-order valence-electron chi connectivity index (χ0n) is 15.8. The summed E-state index contributed by atoms with van der Waals surface area (Å²) in [5.74, 6) is -0.523. The van der Waals surface area contributed by atoms with Crippen LogP contribution in [0.1, 0.15) is 57.6 Å². The second-order valence-electron chi connectivity index (χ2n) is 8.07. The Morgan fingerprint density at radius 2 is 1.85 bits per heavy atom. The van der Waals surface area contributed by atoms with Crippen molar-refractivity contribution >= 4 is 11.8 Å². The summed E-state index contributed by atoms with van der Waals surface area (Å²) in [6.07, 6.45) is 3.05. The molecule has 0 spiro atoms. The number of carbonyl (C=O) groups excluding carboxylic acids is 2. The molecule has 0 radical (unpaired) electrons. The van der Waals surface area contributed by atoms with E-state index in [0.29, 0.717) is 5.56 Å². The molecule has 6 heteroatoms. The molecule has 1 fully saturated rings. The summed E-state index contributed by atoms with van der Waals surface area (Å²) in [7, 11) is 0. The van der Waals surface area contributed by atoms with Gasteiger partial charge in [0.15, 0.2) is 0 Å². The highest BCUT2D eigenvalue weighted by Gasteiger charge is 2.29. The molecule has 1 aromatic rings. The van der Waals surface area contributed by atoms with Gasteiger partial charge in [0.25, 0.3) is 0 Å². The third-order valence-corrected chi connectivity index (χ3v) is 4.87. The first-order valence-corrected chi connectivity index (χ1v) is 9.17. The van der Waals surface area contributed by atoms with Gasteiger partial charge < -0.3 is 15.7 Å². The monoisotopic (exact) mass is 364 g/mol. The maximum Gasteiger partial charge on any atom is 0.225 e. The first-order valence-electron chi connectivity index (χ1n) is 9.17. The molecule has 2 amide bonds. The minimum absolute atomic E-state index is 0.0303. The Labute approximate surface area is 154 Å². The number of aliphatic hydroxyl groups excluding tert-OH is 1. The van der Waals surface area contributed by atoms with Crippen LogP contribution >= 0.6 is 0 Å². The van der Waals surface area contributed by atoms with Crippen LogP contribution in [0.2, 0.25) is 0 Å². The summed E-state index contributed by atoms with van der Waals surface area (Å²) in [4.78, 5) is 24.4.